The first-order chi connectivity index (χ1) is 6.37. The topological polar surface area (TPSA) is 34.1 Å². The van der Waals surface area contributed by atoms with Crippen LogP contribution in [0, 0.1) is 5.92 Å². The maximum atomic E-state index is 11.2. The van der Waals surface area contributed by atoms with Crippen LogP contribution in [-0.2, 0) is 9.84 Å². The van der Waals surface area contributed by atoms with Gasteiger partial charge in [-0.25, -0.2) is 8.42 Å². The van der Waals surface area contributed by atoms with Gasteiger partial charge in [-0.1, -0.05) is 36.7 Å². The lowest BCUT2D eigenvalue weighted by Crippen LogP contribution is -2.10. The number of alkyl halides is 1. The van der Waals surface area contributed by atoms with Gasteiger partial charge in [0.2, 0.25) is 0 Å². The first-order valence-corrected chi connectivity index (χ1v) is 7.95. The molecule has 0 aromatic rings. The van der Waals surface area contributed by atoms with Crippen molar-refractivity contribution in [2.75, 3.05) is 11.5 Å². The standard InChI is InChI=1S/C10H21BrO2S/c1-4-14(12,13)7-5-6-9(2)8-10(3)11/h9-10H,4-8H2,1-3H3. The van der Waals surface area contributed by atoms with E-state index in [0.29, 0.717) is 16.5 Å². The minimum absolute atomic E-state index is 0.274. The first-order valence-electron chi connectivity index (χ1n) is 5.22. The molecule has 0 aliphatic carbocycles. The van der Waals surface area contributed by atoms with Crippen molar-refractivity contribution in [3.8, 4) is 0 Å². The second-order valence-corrected chi connectivity index (χ2v) is 8.04. The molecule has 0 saturated heterocycles. The lowest BCUT2D eigenvalue weighted by atomic mass is 10.0. The van der Waals surface area contributed by atoms with Crippen LogP contribution in [0.15, 0.2) is 0 Å². The first kappa shape index (κ1) is 14.4. The molecule has 0 aliphatic rings. The largest absolute Gasteiger partial charge is 0.229 e. The highest BCUT2D eigenvalue weighted by atomic mass is 79.9. The summed E-state index contributed by atoms with van der Waals surface area (Å²) in [5, 5.41) is 0. The van der Waals surface area contributed by atoms with Gasteiger partial charge < -0.3 is 0 Å². The second kappa shape index (κ2) is 6.83. The average molecular weight is 285 g/mol. The molecule has 0 fully saturated rings. The van der Waals surface area contributed by atoms with Crippen LogP contribution in [0.4, 0.5) is 0 Å². The molecule has 0 aromatic carbocycles. The Kier molecular flexibility index (Phi) is 7.04. The lowest BCUT2D eigenvalue weighted by molar-refractivity contribution is 0.486. The smallest absolute Gasteiger partial charge is 0.150 e. The minimum atomic E-state index is -2.76. The molecule has 0 rings (SSSR count). The van der Waals surface area contributed by atoms with Gasteiger partial charge in [0.1, 0.15) is 9.84 Å². The van der Waals surface area contributed by atoms with E-state index in [4.69, 9.17) is 0 Å². The molecule has 0 saturated carbocycles. The molecule has 0 amide bonds. The van der Waals surface area contributed by atoms with Crippen LogP contribution in [-0.4, -0.2) is 24.8 Å². The van der Waals surface area contributed by atoms with E-state index in [9.17, 15) is 8.42 Å². The summed E-state index contributed by atoms with van der Waals surface area (Å²) in [7, 11) is -2.76. The van der Waals surface area contributed by atoms with E-state index in [1.807, 2.05) is 0 Å². The predicted molar refractivity (Wildman–Crippen MR) is 65.7 cm³/mol. The fraction of sp³-hybridized carbons (Fsp3) is 1.00. The van der Waals surface area contributed by atoms with Gasteiger partial charge in [-0.2, -0.15) is 0 Å². The predicted octanol–water partition coefficient (Wildman–Crippen LogP) is 3.01. The van der Waals surface area contributed by atoms with Crippen molar-refractivity contribution in [1.29, 1.82) is 0 Å². The third-order valence-corrected chi connectivity index (χ3v) is 4.48. The maximum absolute atomic E-state index is 11.2. The van der Waals surface area contributed by atoms with E-state index in [-0.39, 0.29) is 5.75 Å². The molecule has 2 unspecified atom stereocenters. The molecule has 14 heavy (non-hydrogen) atoms. The number of halogens is 1. The number of hydrogen-bond donors (Lipinski definition) is 0. The van der Waals surface area contributed by atoms with E-state index in [1.54, 1.807) is 6.92 Å². The van der Waals surface area contributed by atoms with Crippen molar-refractivity contribution in [1.82, 2.24) is 0 Å². The summed E-state index contributed by atoms with van der Waals surface area (Å²) in [4.78, 5) is 0.528. The zero-order chi connectivity index (χ0) is 11.2. The highest BCUT2D eigenvalue weighted by Gasteiger charge is 2.10. The lowest BCUT2D eigenvalue weighted by Gasteiger charge is -2.12. The molecule has 0 bridgehead atoms. The van der Waals surface area contributed by atoms with Crippen molar-refractivity contribution in [2.45, 2.75) is 44.9 Å². The Balaban J connectivity index is 3.64. The Hall–Kier alpha value is 0.430. The van der Waals surface area contributed by atoms with Crippen molar-refractivity contribution in [3.63, 3.8) is 0 Å². The van der Waals surface area contributed by atoms with Crippen molar-refractivity contribution in [2.24, 2.45) is 5.92 Å². The summed E-state index contributed by atoms with van der Waals surface area (Å²) in [6, 6.07) is 0. The van der Waals surface area contributed by atoms with E-state index in [1.165, 1.54) is 0 Å². The number of hydrogen-bond acceptors (Lipinski definition) is 2. The van der Waals surface area contributed by atoms with Gasteiger partial charge in [-0.3, -0.25) is 0 Å². The summed E-state index contributed by atoms with van der Waals surface area (Å²) < 4.78 is 22.4. The SMILES string of the molecule is CCS(=O)(=O)CCCC(C)CC(C)Br. The zero-order valence-electron chi connectivity index (χ0n) is 9.29. The van der Waals surface area contributed by atoms with E-state index in [0.717, 1.165) is 19.3 Å². The van der Waals surface area contributed by atoms with Crippen LogP contribution in [0.3, 0.4) is 0 Å². The molecule has 2 atom stereocenters. The Morgan fingerprint density at radius 2 is 1.86 bits per heavy atom. The van der Waals surface area contributed by atoms with Crippen LogP contribution in [0.1, 0.15) is 40.0 Å². The van der Waals surface area contributed by atoms with Gasteiger partial charge in [0, 0.05) is 10.6 Å². The Labute approximate surface area is 96.5 Å². The second-order valence-electron chi connectivity index (χ2n) is 4.00. The fourth-order valence-corrected chi connectivity index (χ4v) is 3.00. The van der Waals surface area contributed by atoms with E-state index >= 15 is 0 Å². The molecule has 86 valence electrons. The molecule has 4 heteroatoms. The molecular weight excluding hydrogens is 264 g/mol. The summed E-state index contributed by atoms with van der Waals surface area (Å²) >= 11 is 3.50. The van der Waals surface area contributed by atoms with Crippen LogP contribution in [0.25, 0.3) is 0 Å². The van der Waals surface area contributed by atoms with Gasteiger partial charge in [0.05, 0.1) is 5.75 Å². The normalized spacial score (nSPS) is 16.6. The van der Waals surface area contributed by atoms with Gasteiger partial charge >= 0.3 is 0 Å². The summed E-state index contributed by atoms with van der Waals surface area (Å²) in [5.74, 6) is 1.23. The molecule has 0 aliphatic heterocycles. The van der Waals surface area contributed by atoms with Crippen molar-refractivity contribution >= 4 is 25.8 Å². The molecule has 0 radical (unpaired) electrons. The van der Waals surface area contributed by atoms with Crippen molar-refractivity contribution < 1.29 is 8.42 Å². The highest BCUT2D eigenvalue weighted by Crippen LogP contribution is 2.17. The molecule has 0 N–H and O–H groups in total. The van der Waals surface area contributed by atoms with Crippen LogP contribution >= 0.6 is 15.9 Å². The zero-order valence-corrected chi connectivity index (χ0v) is 11.7. The molecule has 0 spiro atoms. The van der Waals surface area contributed by atoms with Gasteiger partial charge in [-0.05, 0) is 25.2 Å². The fourth-order valence-electron chi connectivity index (χ4n) is 1.47. The van der Waals surface area contributed by atoms with Crippen LogP contribution in [0.5, 0.6) is 0 Å². The third kappa shape index (κ3) is 7.80. The number of rotatable bonds is 7. The summed E-state index contributed by atoms with van der Waals surface area (Å²) in [6.07, 6.45) is 2.93. The quantitative estimate of drug-likeness (QED) is 0.674. The highest BCUT2D eigenvalue weighted by molar-refractivity contribution is 9.09. The van der Waals surface area contributed by atoms with Crippen molar-refractivity contribution in [3.05, 3.63) is 0 Å². The Morgan fingerprint density at radius 3 is 2.29 bits per heavy atom. The minimum Gasteiger partial charge on any atom is -0.229 e. The monoisotopic (exact) mass is 284 g/mol. The summed E-state index contributed by atoms with van der Waals surface area (Å²) in [5.41, 5.74) is 0. The van der Waals surface area contributed by atoms with Gasteiger partial charge in [-0.15, -0.1) is 0 Å². The molecular formula is C10H21BrO2S. The van der Waals surface area contributed by atoms with E-state index in [2.05, 4.69) is 29.8 Å². The molecule has 0 aromatic heterocycles. The maximum Gasteiger partial charge on any atom is 0.150 e. The van der Waals surface area contributed by atoms with Gasteiger partial charge in [0.15, 0.2) is 0 Å². The number of sulfone groups is 1. The molecule has 0 heterocycles. The summed E-state index contributed by atoms with van der Waals surface area (Å²) in [6.45, 7) is 6.01. The third-order valence-electron chi connectivity index (χ3n) is 2.32. The Morgan fingerprint density at radius 1 is 1.29 bits per heavy atom. The van der Waals surface area contributed by atoms with E-state index < -0.39 is 9.84 Å². The van der Waals surface area contributed by atoms with Crippen LogP contribution < -0.4 is 0 Å². The Bertz CT molecular complexity index is 235. The van der Waals surface area contributed by atoms with Crippen LogP contribution in [0.2, 0.25) is 0 Å². The average Bonchev–Trinajstić information content (AvgIpc) is 2.02. The van der Waals surface area contributed by atoms with Gasteiger partial charge in [0.25, 0.3) is 0 Å². The molecule has 2 nitrogen and oxygen atoms in total.